The number of aliphatic hydroxyl groups is 9. The first-order chi connectivity index (χ1) is 26.9. The number of benzene rings is 2. The van der Waals surface area contributed by atoms with Crippen LogP contribution in [0.3, 0.4) is 0 Å². The van der Waals surface area contributed by atoms with E-state index >= 15 is 0 Å². The summed E-state index contributed by atoms with van der Waals surface area (Å²) in [6.45, 7) is 5.64. The van der Waals surface area contributed by atoms with Gasteiger partial charge in [-0.15, -0.1) is 0 Å². The monoisotopic (exact) mass is 808 g/mol. The molecule has 57 heavy (non-hydrogen) atoms. The average molecular weight is 809 g/mol. The third-order valence-electron chi connectivity index (χ3n) is 10.2. The van der Waals surface area contributed by atoms with Crippen LogP contribution in [-0.4, -0.2) is 155 Å². The molecule has 3 fully saturated rings. The Morgan fingerprint density at radius 3 is 1.96 bits per heavy atom. The van der Waals surface area contributed by atoms with Crippen molar-refractivity contribution in [2.75, 3.05) is 6.61 Å². The zero-order valence-electron chi connectivity index (χ0n) is 31.2. The van der Waals surface area contributed by atoms with Gasteiger partial charge >= 0.3 is 0 Å². The summed E-state index contributed by atoms with van der Waals surface area (Å²) in [6, 6.07) is 6.38. The highest BCUT2D eigenvalue weighted by atomic mass is 16.8. The molecule has 0 bridgehead atoms. The van der Waals surface area contributed by atoms with Crippen LogP contribution >= 0.6 is 0 Å². The summed E-state index contributed by atoms with van der Waals surface area (Å²) in [6.07, 6.45) is -22.4. The van der Waals surface area contributed by atoms with E-state index in [0.29, 0.717) is 0 Å². The minimum atomic E-state index is -1.84. The van der Waals surface area contributed by atoms with E-state index in [-0.39, 0.29) is 40.4 Å². The van der Waals surface area contributed by atoms with Gasteiger partial charge in [0.15, 0.2) is 18.2 Å². The maximum atomic E-state index is 14.6. The predicted molar refractivity (Wildman–Crippen MR) is 193 cm³/mol. The van der Waals surface area contributed by atoms with Crippen molar-refractivity contribution in [3.05, 3.63) is 57.8 Å². The molecule has 0 amide bonds. The molecule has 4 heterocycles. The highest BCUT2D eigenvalue weighted by Crippen LogP contribution is 2.42. The highest BCUT2D eigenvalue weighted by Gasteiger charge is 2.51. The zero-order chi connectivity index (χ0) is 41.6. The number of rotatable bonds is 10. The number of hydrogen-bond acceptors (Lipinski definition) is 19. The molecule has 19 nitrogen and oxygen atoms in total. The molecule has 3 aliphatic rings. The first-order valence-corrected chi connectivity index (χ1v) is 18.2. The van der Waals surface area contributed by atoms with Crippen LogP contribution in [0.4, 0.5) is 0 Å². The average Bonchev–Trinajstić information content (AvgIpc) is 3.17. The van der Waals surface area contributed by atoms with Crippen molar-refractivity contribution in [3.8, 4) is 34.3 Å². The lowest BCUT2D eigenvalue weighted by Crippen LogP contribution is -2.63. The lowest BCUT2D eigenvalue weighted by molar-refractivity contribution is -0.352. The first kappa shape index (κ1) is 42.7. The Morgan fingerprint density at radius 2 is 1.33 bits per heavy atom. The summed E-state index contributed by atoms with van der Waals surface area (Å²) in [7, 11) is 0. The van der Waals surface area contributed by atoms with E-state index in [4.69, 9.17) is 32.8 Å². The number of phenols is 2. The normalized spacial score (nSPS) is 35.8. The fourth-order valence-electron chi connectivity index (χ4n) is 6.80. The lowest BCUT2D eigenvalue weighted by Gasteiger charge is -2.45. The van der Waals surface area contributed by atoms with Gasteiger partial charge in [0.1, 0.15) is 83.2 Å². The largest absolute Gasteiger partial charge is 0.508 e. The van der Waals surface area contributed by atoms with Crippen molar-refractivity contribution in [2.45, 2.75) is 126 Å². The van der Waals surface area contributed by atoms with Crippen LogP contribution in [0, 0.1) is 0 Å². The molecular weight excluding hydrogens is 760 g/mol. The summed E-state index contributed by atoms with van der Waals surface area (Å²) in [5.41, 5.74) is -0.144. The molecule has 15 atom stereocenters. The second-order valence-corrected chi connectivity index (χ2v) is 14.6. The number of ether oxygens (including phenoxy) is 6. The first-order valence-electron chi connectivity index (χ1n) is 18.2. The van der Waals surface area contributed by atoms with Crippen LogP contribution in [0.25, 0.3) is 22.3 Å². The van der Waals surface area contributed by atoms with Crippen molar-refractivity contribution in [2.24, 2.45) is 0 Å². The number of hydrogen-bond donors (Lipinski definition) is 11. The minimum absolute atomic E-state index is 0.00401. The van der Waals surface area contributed by atoms with Crippen molar-refractivity contribution in [1.29, 1.82) is 0 Å². The van der Waals surface area contributed by atoms with Gasteiger partial charge in [-0.2, -0.15) is 0 Å². The fraction of sp³-hybridized carbons (Fsp3) is 0.553. The van der Waals surface area contributed by atoms with Crippen molar-refractivity contribution >= 4 is 11.0 Å². The van der Waals surface area contributed by atoms with Gasteiger partial charge in [0, 0.05) is 17.2 Å². The summed E-state index contributed by atoms with van der Waals surface area (Å²) in [4.78, 5) is 14.6. The van der Waals surface area contributed by atoms with Gasteiger partial charge < -0.3 is 89.0 Å². The van der Waals surface area contributed by atoms with Crippen LogP contribution in [0.1, 0.15) is 33.3 Å². The highest BCUT2D eigenvalue weighted by molar-refractivity contribution is 5.91. The van der Waals surface area contributed by atoms with E-state index in [1.54, 1.807) is 19.9 Å². The van der Waals surface area contributed by atoms with Gasteiger partial charge in [-0.05, 0) is 58.4 Å². The molecule has 0 aliphatic carbocycles. The summed E-state index contributed by atoms with van der Waals surface area (Å²) >= 11 is 0. The van der Waals surface area contributed by atoms with Gasteiger partial charge in [-0.25, -0.2) is 0 Å². The standard InChI is InChI=1S/C38H48O19/c1-13(2)5-10-18-20(53-37-31(50)28(47)25(44)21(12-39)54-37)11-19(41)22-26(45)34(32(55-33(18)22)16-6-8-17(40)9-7-16)56-38-35(29(48)24(43)15(4)52-38)57-36-30(49)27(46)23(42)14(3)51-36/h5-9,11,14-15,21,23-25,27-31,35-44,46-50H,10,12H2,1-4H3/t14-,15-,21+,23-,24+,25+,27+,28-,29+,30+,31+,35+,36-,37+,38-/m0/s1. The van der Waals surface area contributed by atoms with Crippen molar-refractivity contribution in [1.82, 2.24) is 0 Å². The van der Waals surface area contributed by atoms with Crippen LogP contribution < -0.4 is 14.9 Å². The van der Waals surface area contributed by atoms with E-state index in [2.05, 4.69) is 0 Å². The quantitative estimate of drug-likeness (QED) is 0.105. The van der Waals surface area contributed by atoms with E-state index in [9.17, 15) is 61.0 Å². The molecule has 0 radical (unpaired) electrons. The van der Waals surface area contributed by atoms with Gasteiger partial charge in [-0.1, -0.05) is 11.6 Å². The van der Waals surface area contributed by atoms with E-state index < -0.39 is 121 Å². The zero-order valence-corrected chi connectivity index (χ0v) is 31.2. The van der Waals surface area contributed by atoms with E-state index in [0.717, 1.165) is 11.6 Å². The maximum absolute atomic E-state index is 14.6. The Labute approximate surface area is 324 Å². The second-order valence-electron chi connectivity index (χ2n) is 14.6. The molecule has 3 saturated heterocycles. The van der Waals surface area contributed by atoms with Crippen LogP contribution in [0.15, 0.2) is 51.2 Å². The second kappa shape index (κ2) is 17.1. The molecule has 6 rings (SSSR count). The van der Waals surface area contributed by atoms with Crippen LogP contribution in [0.2, 0.25) is 0 Å². The lowest BCUT2D eigenvalue weighted by atomic mass is 9.98. The summed E-state index contributed by atoms with van der Waals surface area (Å²) in [5, 5.41) is 115. The fourth-order valence-corrected chi connectivity index (χ4v) is 6.80. The SMILES string of the molecule is CC(C)=CCc1c(O[C@@H]2O[C@H](CO)[C@@H](O)[C@H](O)[C@H]2O)cc(O)c2c(=O)c(O[C@@H]3O[C@@H](C)[C@@H](O)[C@@H](O)[C@H]3O[C@@H]3O[C@@H](C)[C@H](O)[C@@H](O)[C@H]3O)c(-c3ccc(O)cc3)oc12. The number of aliphatic hydroxyl groups excluding tert-OH is 9. The van der Waals surface area contributed by atoms with E-state index in [1.165, 1.54) is 38.1 Å². The number of allylic oxidation sites excluding steroid dienone is 2. The molecule has 1 aromatic heterocycles. The Balaban J connectivity index is 1.50. The molecule has 0 saturated carbocycles. The van der Waals surface area contributed by atoms with Gasteiger partial charge in [0.25, 0.3) is 0 Å². The van der Waals surface area contributed by atoms with Gasteiger partial charge in [0.2, 0.25) is 23.8 Å². The smallest absolute Gasteiger partial charge is 0.239 e. The van der Waals surface area contributed by atoms with Crippen molar-refractivity contribution in [3.63, 3.8) is 0 Å². The number of phenolic OH excluding ortho intramolecular Hbond substituents is 2. The molecule has 0 unspecified atom stereocenters. The molecule has 0 spiro atoms. The van der Waals surface area contributed by atoms with Gasteiger partial charge in [0.05, 0.1) is 18.8 Å². The molecule has 2 aromatic carbocycles. The molecule has 3 aromatic rings. The van der Waals surface area contributed by atoms with Crippen LogP contribution in [0.5, 0.6) is 23.0 Å². The summed E-state index contributed by atoms with van der Waals surface area (Å²) < 4.78 is 41.3. The molecule has 11 N–H and O–H groups in total. The molecule has 3 aliphatic heterocycles. The molecule has 19 heteroatoms. The Bertz CT molecular complexity index is 1960. The third-order valence-corrected chi connectivity index (χ3v) is 10.2. The van der Waals surface area contributed by atoms with E-state index in [1.807, 2.05) is 0 Å². The maximum Gasteiger partial charge on any atom is 0.239 e. The minimum Gasteiger partial charge on any atom is -0.508 e. The van der Waals surface area contributed by atoms with Crippen LogP contribution in [-0.2, 0) is 25.4 Å². The van der Waals surface area contributed by atoms with Gasteiger partial charge in [-0.3, -0.25) is 4.79 Å². The summed E-state index contributed by atoms with van der Waals surface area (Å²) in [5.74, 6) is -1.96. The molecular formula is C38H48O19. The Kier molecular flexibility index (Phi) is 12.8. The number of fused-ring (bicyclic) bond motifs is 1. The Hall–Kier alpha value is -3.93. The number of aromatic hydroxyl groups is 2. The van der Waals surface area contributed by atoms with Crippen molar-refractivity contribution < 1.29 is 89.0 Å². The topological polar surface area (TPSA) is 308 Å². The Morgan fingerprint density at radius 1 is 0.737 bits per heavy atom. The predicted octanol–water partition coefficient (Wildman–Crippen LogP) is -1.38. The third kappa shape index (κ3) is 8.35. The molecule has 314 valence electrons.